The monoisotopic (exact) mass is 389 g/mol. The summed E-state index contributed by atoms with van der Waals surface area (Å²) in [6.45, 7) is 6.04. The summed E-state index contributed by atoms with van der Waals surface area (Å²) < 4.78 is 26.7. The Hall–Kier alpha value is -2.38. The number of nitrogens with one attached hydrogen (secondary N) is 1. The van der Waals surface area contributed by atoms with Gasteiger partial charge in [-0.05, 0) is 61.7 Å². The molecule has 0 saturated carbocycles. The minimum absolute atomic E-state index is 0.131. The molecule has 1 atom stereocenters. The maximum Gasteiger partial charge on any atom is 0.303 e. The van der Waals surface area contributed by atoms with E-state index < -0.39 is 10.2 Å². The molecule has 0 saturated heterocycles. The lowest BCUT2D eigenvalue weighted by molar-refractivity contribution is 0.0940. The largest absolute Gasteiger partial charge is 0.346 e. The summed E-state index contributed by atoms with van der Waals surface area (Å²) >= 11 is 0. The molecule has 6 nitrogen and oxygen atoms in total. The van der Waals surface area contributed by atoms with Crippen molar-refractivity contribution >= 4 is 21.8 Å². The van der Waals surface area contributed by atoms with E-state index in [1.165, 1.54) is 36.6 Å². The van der Waals surface area contributed by atoms with Gasteiger partial charge in [-0.25, -0.2) is 0 Å². The molecule has 27 heavy (non-hydrogen) atoms. The lowest BCUT2D eigenvalue weighted by atomic mass is 10.0. The standard InChI is InChI=1S/C20H27N3O3S/c1-14-7-8-18(13-15(14)2)16(3)21-20(24)17-9-11-19(12-10-17)23(6)27(25,26)22(4)5/h7-13,16H,1-6H3,(H,21,24). The number of rotatable bonds is 6. The quantitative estimate of drug-likeness (QED) is 0.826. The molecular formula is C20H27N3O3S. The fraction of sp³-hybridized carbons (Fsp3) is 0.350. The molecule has 0 heterocycles. The number of anilines is 1. The molecular weight excluding hydrogens is 362 g/mol. The molecule has 0 aromatic heterocycles. The minimum Gasteiger partial charge on any atom is -0.346 e. The first-order chi connectivity index (χ1) is 12.5. The molecule has 1 unspecified atom stereocenters. The van der Waals surface area contributed by atoms with Gasteiger partial charge in [-0.3, -0.25) is 9.10 Å². The maximum atomic E-state index is 12.5. The number of hydrogen-bond donors (Lipinski definition) is 1. The highest BCUT2D eigenvalue weighted by molar-refractivity contribution is 7.90. The first-order valence-corrected chi connectivity index (χ1v) is 10.1. The van der Waals surface area contributed by atoms with Crippen LogP contribution in [0.2, 0.25) is 0 Å². The molecule has 2 rings (SSSR count). The zero-order valence-corrected chi connectivity index (χ0v) is 17.5. The van der Waals surface area contributed by atoms with Crippen LogP contribution in [0.5, 0.6) is 0 Å². The number of carbonyl (C=O) groups is 1. The van der Waals surface area contributed by atoms with Crippen LogP contribution < -0.4 is 9.62 Å². The van der Waals surface area contributed by atoms with E-state index in [1.807, 2.05) is 26.0 Å². The average Bonchev–Trinajstić information content (AvgIpc) is 2.63. The number of amides is 1. The molecule has 0 spiro atoms. The lowest BCUT2D eigenvalue weighted by Crippen LogP contribution is -2.37. The summed E-state index contributed by atoms with van der Waals surface area (Å²) in [5, 5.41) is 2.98. The second-order valence-electron chi connectivity index (χ2n) is 6.84. The van der Waals surface area contributed by atoms with Crippen molar-refractivity contribution < 1.29 is 13.2 Å². The van der Waals surface area contributed by atoms with Gasteiger partial charge in [0.2, 0.25) is 0 Å². The molecule has 1 N–H and O–H groups in total. The van der Waals surface area contributed by atoms with Crippen LogP contribution in [-0.4, -0.2) is 39.8 Å². The second-order valence-corrected chi connectivity index (χ2v) is 9.02. The van der Waals surface area contributed by atoms with E-state index in [0.29, 0.717) is 11.3 Å². The van der Waals surface area contributed by atoms with Crippen LogP contribution in [-0.2, 0) is 10.2 Å². The number of benzene rings is 2. The Labute approximate surface area is 162 Å². The first-order valence-electron chi connectivity index (χ1n) is 8.68. The molecule has 2 aromatic carbocycles. The van der Waals surface area contributed by atoms with E-state index in [9.17, 15) is 13.2 Å². The molecule has 1 amide bonds. The average molecular weight is 390 g/mol. The van der Waals surface area contributed by atoms with Gasteiger partial charge in [-0.1, -0.05) is 18.2 Å². The zero-order valence-electron chi connectivity index (χ0n) is 16.6. The number of carbonyl (C=O) groups excluding carboxylic acids is 1. The molecule has 0 bridgehead atoms. The van der Waals surface area contributed by atoms with Crippen LogP contribution in [0.15, 0.2) is 42.5 Å². The van der Waals surface area contributed by atoms with Crippen molar-refractivity contribution in [3.8, 4) is 0 Å². The van der Waals surface area contributed by atoms with Gasteiger partial charge >= 0.3 is 10.2 Å². The molecule has 146 valence electrons. The molecule has 0 aliphatic rings. The van der Waals surface area contributed by atoms with Gasteiger partial charge in [0.05, 0.1) is 11.7 Å². The van der Waals surface area contributed by atoms with Crippen LogP contribution in [0.25, 0.3) is 0 Å². The summed E-state index contributed by atoms with van der Waals surface area (Å²) in [7, 11) is 0.867. The predicted octanol–water partition coefficient (Wildman–Crippen LogP) is 3.04. The van der Waals surface area contributed by atoms with E-state index >= 15 is 0 Å². The van der Waals surface area contributed by atoms with Crippen LogP contribution in [0.1, 0.15) is 40.0 Å². The SMILES string of the molecule is Cc1ccc(C(C)NC(=O)c2ccc(N(C)S(=O)(=O)N(C)C)cc2)cc1C. The Balaban J connectivity index is 2.12. The van der Waals surface area contributed by atoms with Crippen molar-refractivity contribution in [3.63, 3.8) is 0 Å². The van der Waals surface area contributed by atoms with Crippen molar-refractivity contribution in [1.82, 2.24) is 9.62 Å². The summed E-state index contributed by atoms with van der Waals surface area (Å²) in [6, 6.07) is 12.5. The Morgan fingerprint density at radius 1 is 0.963 bits per heavy atom. The van der Waals surface area contributed by atoms with Crippen LogP contribution >= 0.6 is 0 Å². The van der Waals surface area contributed by atoms with Gasteiger partial charge in [0, 0.05) is 26.7 Å². The van der Waals surface area contributed by atoms with Gasteiger partial charge in [0.25, 0.3) is 5.91 Å². The Morgan fingerprint density at radius 2 is 1.56 bits per heavy atom. The predicted molar refractivity (Wildman–Crippen MR) is 109 cm³/mol. The molecule has 0 fully saturated rings. The summed E-state index contributed by atoms with van der Waals surface area (Å²) in [4.78, 5) is 12.5. The van der Waals surface area contributed by atoms with Gasteiger partial charge in [-0.2, -0.15) is 12.7 Å². The second kappa shape index (κ2) is 8.10. The Kier molecular flexibility index (Phi) is 6.28. The van der Waals surface area contributed by atoms with Gasteiger partial charge < -0.3 is 5.32 Å². The summed E-state index contributed by atoms with van der Waals surface area (Å²) in [6.07, 6.45) is 0. The number of nitrogens with zero attached hydrogens (tertiary/aromatic N) is 2. The van der Waals surface area contributed by atoms with E-state index in [1.54, 1.807) is 24.3 Å². The maximum absolute atomic E-state index is 12.5. The summed E-state index contributed by atoms with van der Waals surface area (Å²) in [5.74, 6) is -0.203. The van der Waals surface area contributed by atoms with E-state index in [-0.39, 0.29) is 11.9 Å². The molecule has 7 heteroatoms. The van der Waals surface area contributed by atoms with E-state index in [0.717, 1.165) is 9.87 Å². The third-order valence-electron chi connectivity index (χ3n) is 4.68. The Morgan fingerprint density at radius 3 is 2.07 bits per heavy atom. The van der Waals surface area contributed by atoms with Crippen LogP contribution in [0.4, 0.5) is 5.69 Å². The third kappa shape index (κ3) is 4.67. The third-order valence-corrected chi connectivity index (χ3v) is 6.51. The molecule has 0 aliphatic carbocycles. The molecule has 2 aromatic rings. The topological polar surface area (TPSA) is 69.7 Å². The fourth-order valence-corrected chi connectivity index (χ4v) is 3.48. The van der Waals surface area contributed by atoms with E-state index in [4.69, 9.17) is 0 Å². The van der Waals surface area contributed by atoms with Crippen molar-refractivity contribution in [1.29, 1.82) is 0 Å². The van der Waals surface area contributed by atoms with Gasteiger partial charge in [0.1, 0.15) is 0 Å². The van der Waals surface area contributed by atoms with Crippen molar-refractivity contribution in [2.75, 3.05) is 25.4 Å². The lowest BCUT2D eigenvalue weighted by Gasteiger charge is -2.23. The first kappa shape index (κ1) is 20.9. The van der Waals surface area contributed by atoms with Gasteiger partial charge in [0.15, 0.2) is 0 Å². The van der Waals surface area contributed by atoms with E-state index in [2.05, 4.69) is 18.3 Å². The van der Waals surface area contributed by atoms with Crippen LogP contribution in [0, 0.1) is 13.8 Å². The highest BCUT2D eigenvalue weighted by Crippen LogP contribution is 2.20. The van der Waals surface area contributed by atoms with Crippen molar-refractivity contribution in [3.05, 3.63) is 64.7 Å². The fourth-order valence-electron chi connectivity index (χ4n) is 2.60. The van der Waals surface area contributed by atoms with Crippen molar-refractivity contribution in [2.45, 2.75) is 26.8 Å². The minimum atomic E-state index is -3.56. The van der Waals surface area contributed by atoms with Crippen molar-refractivity contribution in [2.24, 2.45) is 0 Å². The highest BCUT2D eigenvalue weighted by atomic mass is 32.2. The Bertz CT molecular complexity index is 922. The number of aryl methyl sites for hydroxylation is 2. The smallest absolute Gasteiger partial charge is 0.303 e. The summed E-state index contributed by atoms with van der Waals surface area (Å²) in [5.41, 5.74) is 4.40. The zero-order chi connectivity index (χ0) is 20.4. The van der Waals surface area contributed by atoms with Crippen LogP contribution in [0.3, 0.4) is 0 Å². The molecule has 0 radical (unpaired) electrons. The normalized spacial score (nSPS) is 12.7. The van der Waals surface area contributed by atoms with Gasteiger partial charge in [-0.15, -0.1) is 0 Å². The molecule has 0 aliphatic heterocycles. The highest BCUT2D eigenvalue weighted by Gasteiger charge is 2.21. The number of hydrogen-bond acceptors (Lipinski definition) is 3.